The summed E-state index contributed by atoms with van der Waals surface area (Å²) in [6.07, 6.45) is 2.43. The number of aliphatic carboxylic acids is 1. The predicted molar refractivity (Wildman–Crippen MR) is 70.1 cm³/mol. The number of carboxylic acids is 1. The predicted octanol–water partition coefficient (Wildman–Crippen LogP) is 2.60. The Morgan fingerprint density at radius 2 is 2.11 bits per heavy atom. The van der Waals surface area contributed by atoms with E-state index in [0.29, 0.717) is 18.6 Å². The third kappa shape index (κ3) is 4.07. The van der Waals surface area contributed by atoms with Crippen molar-refractivity contribution in [1.82, 2.24) is 0 Å². The standard InChI is InChI=1S/C13H16O4S/c1-3-17-13(16)10-6-4-9(5-7-12(14)15)8-11(10)18-2/h4,6,8H,3,5,7H2,1-2H3,(H,14,15). The summed E-state index contributed by atoms with van der Waals surface area (Å²) in [5.41, 5.74) is 1.44. The van der Waals surface area contributed by atoms with Gasteiger partial charge in [-0.1, -0.05) is 6.07 Å². The average Bonchev–Trinajstić information content (AvgIpc) is 2.36. The average molecular weight is 268 g/mol. The molecule has 0 amide bonds. The summed E-state index contributed by atoms with van der Waals surface area (Å²) in [5, 5.41) is 8.63. The van der Waals surface area contributed by atoms with Crippen LogP contribution in [-0.2, 0) is 16.0 Å². The van der Waals surface area contributed by atoms with E-state index >= 15 is 0 Å². The van der Waals surface area contributed by atoms with Gasteiger partial charge in [-0.3, -0.25) is 4.79 Å². The van der Waals surface area contributed by atoms with Crippen molar-refractivity contribution < 1.29 is 19.4 Å². The van der Waals surface area contributed by atoms with Gasteiger partial charge in [-0.25, -0.2) is 4.79 Å². The summed E-state index contributed by atoms with van der Waals surface area (Å²) in [4.78, 5) is 23.0. The molecule has 98 valence electrons. The molecule has 0 spiro atoms. The lowest BCUT2D eigenvalue weighted by Crippen LogP contribution is -2.07. The largest absolute Gasteiger partial charge is 0.481 e. The van der Waals surface area contributed by atoms with Crippen LogP contribution in [0.2, 0.25) is 0 Å². The van der Waals surface area contributed by atoms with Crippen molar-refractivity contribution >= 4 is 23.7 Å². The Bertz CT molecular complexity index is 443. The van der Waals surface area contributed by atoms with Crippen molar-refractivity contribution in [3.8, 4) is 0 Å². The Morgan fingerprint density at radius 1 is 1.39 bits per heavy atom. The first-order valence-electron chi connectivity index (χ1n) is 5.64. The number of carbonyl (C=O) groups excluding carboxylic acids is 1. The molecule has 1 N–H and O–H groups in total. The van der Waals surface area contributed by atoms with Crippen molar-refractivity contribution in [3.63, 3.8) is 0 Å². The summed E-state index contributed by atoms with van der Waals surface area (Å²) in [7, 11) is 0. The van der Waals surface area contributed by atoms with Crippen LogP contribution in [0.25, 0.3) is 0 Å². The number of carboxylic acid groups (broad SMARTS) is 1. The lowest BCUT2D eigenvalue weighted by atomic mass is 10.1. The van der Waals surface area contributed by atoms with Crippen LogP contribution in [0.1, 0.15) is 29.3 Å². The van der Waals surface area contributed by atoms with Crippen molar-refractivity contribution in [2.45, 2.75) is 24.7 Å². The zero-order valence-corrected chi connectivity index (χ0v) is 11.3. The Hall–Kier alpha value is -1.49. The van der Waals surface area contributed by atoms with E-state index in [1.807, 2.05) is 12.3 Å². The second kappa shape index (κ2) is 7.06. The number of esters is 1. The summed E-state index contributed by atoms with van der Waals surface area (Å²) < 4.78 is 4.96. The number of aryl methyl sites for hydroxylation is 1. The molecular weight excluding hydrogens is 252 g/mol. The topological polar surface area (TPSA) is 63.6 Å². The van der Waals surface area contributed by atoms with Crippen molar-refractivity contribution in [3.05, 3.63) is 29.3 Å². The van der Waals surface area contributed by atoms with Gasteiger partial charge in [-0.2, -0.15) is 0 Å². The maximum atomic E-state index is 11.7. The molecule has 0 aliphatic rings. The molecule has 1 aromatic carbocycles. The molecular formula is C13H16O4S. The van der Waals surface area contributed by atoms with Crippen LogP contribution in [0.15, 0.2) is 23.1 Å². The minimum Gasteiger partial charge on any atom is -0.481 e. The Labute approximate surface area is 110 Å². The first-order chi connectivity index (χ1) is 8.58. The van der Waals surface area contributed by atoms with E-state index in [9.17, 15) is 9.59 Å². The number of thioether (sulfide) groups is 1. The first kappa shape index (κ1) is 14.6. The van der Waals surface area contributed by atoms with Crippen molar-refractivity contribution in [2.75, 3.05) is 12.9 Å². The summed E-state index contributed by atoms with van der Waals surface area (Å²) >= 11 is 1.45. The van der Waals surface area contributed by atoms with Crippen LogP contribution in [-0.4, -0.2) is 29.9 Å². The van der Waals surface area contributed by atoms with Crippen LogP contribution in [0.5, 0.6) is 0 Å². The molecule has 0 aromatic heterocycles. The highest BCUT2D eigenvalue weighted by Crippen LogP contribution is 2.23. The molecule has 1 rings (SSSR count). The maximum absolute atomic E-state index is 11.7. The zero-order chi connectivity index (χ0) is 13.5. The van der Waals surface area contributed by atoms with Crippen LogP contribution in [0.3, 0.4) is 0 Å². The van der Waals surface area contributed by atoms with Gasteiger partial charge >= 0.3 is 11.9 Å². The molecule has 0 saturated carbocycles. The Morgan fingerprint density at radius 3 is 2.67 bits per heavy atom. The second-order valence-electron chi connectivity index (χ2n) is 3.65. The molecule has 0 heterocycles. The van der Waals surface area contributed by atoms with Gasteiger partial charge in [0.25, 0.3) is 0 Å². The smallest absolute Gasteiger partial charge is 0.339 e. The van der Waals surface area contributed by atoms with Crippen LogP contribution in [0.4, 0.5) is 0 Å². The number of rotatable bonds is 6. The fraction of sp³-hybridized carbons (Fsp3) is 0.385. The van der Waals surface area contributed by atoms with Crippen molar-refractivity contribution in [2.24, 2.45) is 0 Å². The monoisotopic (exact) mass is 268 g/mol. The highest BCUT2D eigenvalue weighted by atomic mass is 32.2. The summed E-state index contributed by atoms with van der Waals surface area (Å²) in [5.74, 6) is -1.16. The van der Waals surface area contributed by atoms with E-state index < -0.39 is 5.97 Å². The van der Waals surface area contributed by atoms with Gasteiger partial charge in [0.2, 0.25) is 0 Å². The molecule has 0 aliphatic heterocycles. The fourth-order valence-electron chi connectivity index (χ4n) is 1.52. The van der Waals surface area contributed by atoms with Gasteiger partial charge in [0.1, 0.15) is 0 Å². The molecule has 0 saturated heterocycles. The molecule has 0 bridgehead atoms. The van der Waals surface area contributed by atoms with Crippen molar-refractivity contribution in [1.29, 1.82) is 0 Å². The molecule has 1 aromatic rings. The normalized spacial score (nSPS) is 10.1. The summed E-state index contributed by atoms with van der Waals surface area (Å²) in [6, 6.07) is 5.32. The van der Waals surface area contributed by atoms with E-state index in [4.69, 9.17) is 9.84 Å². The van der Waals surface area contributed by atoms with Gasteiger partial charge in [0.05, 0.1) is 12.2 Å². The van der Waals surface area contributed by atoms with E-state index in [1.165, 1.54) is 11.8 Å². The molecule has 4 nitrogen and oxygen atoms in total. The van der Waals surface area contributed by atoms with Crippen LogP contribution in [0, 0.1) is 0 Å². The van der Waals surface area contributed by atoms with Gasteiger partial charge in [-0.15, -0.1) is 11.8 Å². The number of ether oxygens (including phenoxy) is 1. The molecule has 0 aliphatic carbocycles. The summed E-state index contributed by atoms with van der Waals surface area (Å²) in [6.45, 7) is 2.10. The van der Waals surface area contributed by atoms with Gasteiger partial charge in [0.15, 0.2) is 0 Å². The minimum atomic E-state index is -0.824. The molecule has 18 heavy (non-hydrogen) atoms. The number of benzene rings is 1. The van der Waals surface area contributed by atoms with E-state index in [0.717, 1.165) is 10.5 Å². The fourth-order valence-corrected chi connectivity index (χ4v) is 2.16. The number of hydrogen-bond donors (Lipinski definition) is 1. The van der Waals surface area contributed by atoms with Gasteiger partial charge in [0, 0.05) is 11.3 Å². The molecule has 0 atom stereocenters. The first-order valence-corrected chi connectivity index (χ1v) is 6.86. The minimum absolute atomic E-state index is 0.0899. The molecule has 0 unspecified atom stereocenters. The Balaban J connectivity index is 2.89. The van der Waals surface area contributed by atoms with Crippen LogP contribution >= 0.6 is 11.8 Å². The highest BCUT2D eigenvalue weighted by Gasteiger charge is 2.12. The lowest BCUT2D eigenvalue weighted by molar-refractivity contribution is -0.136. The third-order valence-electron chi connectivity index (χ3n) is 2.39. The zero-order valence-electron chi connectivity index (χ0n) is 10.4. The lowest BCUT2D eigenvalue weighted by Gasteiger charge is -2.08. The Kier molecular flexibility index (Phi) is 5.71. The second-order valence-corrected chi connectivity index (χ2v) is 4.50. The number of hydrogen-bond acceptors (Lipinski definition) is 4. The highest BCUT2D eigenvalue weighted by molar-refractivity contribution is 7.98. The third-order valence-corrected chi connectivity index (χ3v) is 3.17. The quantitative estimate of drug-likeness (QED) is 0.634. The molecule has 0 radical (unpaired) electrons. The van der Waals surface area contributed by atoms with Crippen LogP contribution < -0.4 is 0 Å². The van der Waals surface area contributed by atoms with Gasteiger partial charge in [-0.05, 0) is 37.3 Å². The molecule has 5 heteroatoms. The van der Waals surface area contributed by atoms with E-state index in [1.54, 1.807) is 19.1 Å². The van der Waals surface area contributed by atoms with Gasteiger partial charge < -0.3 is 9.84 Å². The van der Waals surface area contributed by atoms with E-state index in [-0.39, 0.29) is 12.4 Å². The molecule has 0 fully saturated rings. The maximum Gasteiger partial charge on any atom is 0.339 e. The van der Waals surface area contributed by atoms with E-state index in [2.05, 4.69) is 0 Å². The number of carbonyl (C=O) groups is 2. The SMILES string of the molecule is CCOC(=O)c1ccc(CCC(=O)O)cc1SC.